The van der Waals surface area contributed by atoms with Crippen LogP contribution < -0.4 is 11.1 Å². The second-order valence-corrected chi connectivity index (χ2v) is 8.22. The van der Waals surface area contributed by atoms with E-state index in [1.54, 1.807) is 18.3 Å². The van der Waals surface area contributed by atoms with Gasteiger partial charge in [0.05, 0.1) is 23.4 Å². The standard InChI is InChI=1S/C24H25ClN6O2/c1-15(2)33-12-6-11-27-24(32)20-21-23(30-19-10-4-3-9-18(19)29-21)31(22(20)26)28-14-16-7-5-8-17(25)13-16/h3-5,7-10,13-15H,6,11-12,26H2,1-2H3,(H,27,32)/b28-14+. The molecule has 0 atom stereocenters. The fourth-order valence-electron chi connectivity index (χ4n) is 3.38. The van der Waals surface area contributed by atoms with Crippen LogP contribution in [0, 0.1) is 0 Å². The zero-order valence-electron chi connectivity index (χ0n) is 18.5. The van der Waals surface area contributed by atoms with Gasteiger partial charge in [-0.3, -0.25) is 4.79 Å². The van der Waals surface area contributed by atoms with E-state index in [4.69, 9.17) is 22.1 Å². The highest BCUT2D eigenvalue weighted by Gasteiger charge is 2.23. The van der Waals surface area contributed by atoms with Crippen molar-refractivity contribution in [1.82, 2.24) is 20.0 Å². The monoisotopic (exact) mass is 464 g/mol. The number of carbonyl (C=O) groups excluding carboxylic acids is 1. The van der Waals surface area contributed by atoms with Crippen molar-refractivity contribution in [3.8, 4) is 0 Å². The van der Waals surface area contributed by atoms with Crippen molar-refractivity contribution in [2.24, 2.45) is 5.10 Å². The molecule has 0 saturated carbocycles. The van der Waals surface area contributed by atoms with Gasteiger partial charge >= 0.3 is 0 Å². The van der Waals surface area contributed by atoms with Crippen molar-refractivity contribution >= 4 is 51.7 Å². The van der Waals surface area contributed by atoms with Crippen LogP contribution in [0.15, 0.2) is 53.6 Å². The largest absolute Gasteiger partial charge is 0.383 e. The minimum atomic E-state index is -0.330. The van der Waals surface area contributed by atoms with E-state index < -0.39 is 0 Å². The number of rotatable bonds is 8. The predicted octanol–water partition coefficient (Wildman–Crippen LogP) is 4.25. The van der Waals surface area contributed by atoms with Crippen molar-refractivity contribution in [2.45, 2.75) is 26.4 Å². The topological polar surface area (TPSA) is 107 Å². The number of fused-ring (bicyclic) bond motifs is 2. The Morgan fingerprint density at radius 2 is 1.97 bits per heavy atom. The molecule has 0 spiro atoms. The molecular weight excluding hydrogens is 440 g/mol. The van der Waals surface area contributed by atoms with Gasteiger partial charge in [0.2, 0.25) is 0 Å². The Hall–Kier alpha value is -3.49. The molecule has 3 N–H and O–H groups in total. The summed E-state index contributed by atoms with van der Waals surface area (Å²) in [5.41, 5.74) is 9.58. The molecule has 2 aromatic carbocycles. The fourth-order valence-corrected chi connectivity index (χ4v) is 3.58. The van der Waals surface area contributed by atoms with Crippen LogP contribution in [0.1, 0.15) is 36.2 Å². The first-order valence-corrected chi connectivity index (χ1v) is 11.1. The molecule has 4 rings (SSSR count). The molecule has 9 heteroatoms. The van der Waals surface area contributed by atoms with Crippen LogP contribution in [-0.2, 0) is 4.74 Å². The molecule has 0 fully saturated rings. The van der Waals surface area contributed by atoms with E-state index in [1.807, 2.05) is 50.2 Å². The number of para-hydroxylation sites is 2. The zero-order valence-corrected chi connectivity index (χ0v) is 19.2. The number of anilines is 1. The molecule has 0 aliphatic rings. The van der Waals surface area contributed by atoms with E-state index in [-0.39, 0.29) is 23.4 Å². The second kappa shape index (κ2) is 9.97. The van der Waals surface area contributed by atoms with E-state index in [2.05, 4.69) is 20.4 Å². The highest BCUT2D eigenvalue weighted by atomic mass is 35.5. The number of nitrogens with zero attached hydrogens (tertiary/aromatic N) is 4. The van der Waals surface area contributed by atoms with Crippen LogP contribution in [0.2, 0.25) is 5.02 Å². The number of hydrogen-bond acceptors (Lipinski definition) is 6. The van der Waals surface area contributed by atoms with Gasteiger partial charge in [0.15, 0.2) is 5.65 Å². The second-order valence-electron chi connectivity index (χ2n) is 7.79. The number of nitrogen functional groups attached to an aromatic ring is 1. The molecular formula is C24H25ClN6O2. The molecule has 0 aliphatic heterocycles. The molecule has 0 bridgehead atoms. The summed E-state index contributed by atoms with van der Waals surface area (Å²) in [5, 5.41) is 7.98. The summed E-state index contributed by atoms with van der Waals surface area (Å²) in [6.07, 6.45) is 2.45. The van der Waals surface area contributed by atoms with Gasteiger partial charge in [-0.1, -0.05) is 35.9 Å². The average Bonchev–Trinajstić information content (AvgIpc) is 3.05. The molecule has 0 aliphatic carbocycles. The van der Waals surface area contributed by atoms with Crippen LogP contribution in [0.25, 0.3) is 22.2 Å². The third kappa shape index (κ3) is 5.13. The lowest BCUT2D eigenvalue weighted by atomic mass is 10.2. The van der Waals surface area contributed by atoms with Gasteiger partial charge in [-0.05, 0) is 50.1 Å². The van der Waals surface area contributed by atoms with E-state index in [9.17, 15) is 4.79 Å². The minimum absolute atomic E-state index is 0.148. The van der Waals surface area contributed by atoms with Gasteiger partial charge in [-0.25, -0.2) is 9.97 Å². The van der Waals surface area contributed by atoms with E-state index in [0.29, 0.717) is 46.8 Å². The average molecular weight is 465 g/mol. The number of ether oxygens (including phenoxy) is 1. The SMILES string of the molecule is CC(C)OCCCNC(=O)c1c(N)n(/N=C/c2cccc(Cl)c2)c2nc3ccccc3nc12. The maximum Gasteiger partial charge on any atom is 0.257 e. The molecule has 0 saturated heterocycles. The van der Waals surface area contributed by atoms with Gasteiger partial charge in [0.25, 0.3) is 5.91 Å². The lowest BCUT2D eigenvalue weighted by molar-refractivity contribution is 0.0757. The number of hydrogen-bond donors (Lipinski definition) is 2. The van der Waals surface area contributed by atoms with Crippen molar-refractivity contribution in [1.29, 1.82) is 0 Å². The maximum absolute atomic E-state index is 13.1. The number of benzene rings is 2. The Morgan fingerprint density at radius 1 is 1.21 bits per heavy atom. The number of carbonyl (C=O) groups is 1. The Labute approximate surface area is 196 Å². The lowest BCUT2D eigenvalue weighted by Gasteiger charge is -2.08. The summed E-state index contributed by atoms with van der Waals surface area (Å²) >= 11 is 6.07. The zero-order chi connectivity index (χ0) is 23.4. The van der Waals surface area contributed by atoms with Gasteiger partial charge in [-0.2, -0.15) is 9.78 Å². The number of amides is 1. The van der Waals surface area contributed by atoms with Gasteiger partial charge in [-0.15, -0.1) is 0 Å². The summed E-state index contributed by atoms with van der Waals surface area (Å²) < 4.78 is 6.96. The normalized spacial score (nSPS) is 11.8. The van der Waals surface area contributed by atoms with Crippen molar-refractivity contribution in [2.75, 3.05) is 18.9 Å². The first-order valence-electron chi connectivity index (χ1n) is 10.7. The molecule has 2 aromatic heterocycles. The predicted molar refractivity (Wildman–Crippen MR) is 132 cm³/mol. The maximum atomic E-state index is 13.1. The Morgan fingerprint density at radius 3 is 2.70 bits per heavy atom. The Kier molecular flexibility index (Phi) is 6.86. The summed E-state index contributed by atoms with van der Waals surface area (Å²) in [6, 6.07) is 14.7. The molecule has 4 aromatic rings. The third-order valence-corrected chi connectivity index (χ3v) is 5.16. The van der Waals surface area contributed by atoms with Crippen LogP contribution in [0.3, 0.4) is 0 Å². The molecule has 0 unspecified atom stereocenters. The molecule has 33 heavy (non-hydrogen) atoms. The van der Waals surface area contributed by atoms with Gasteiger partial charge in [0, 0.05) is 18.2 Å². The Balaban J connectivity index is 1.72. The number of nitrogens with two attached hydrogens (primary N) is 1. The Bertz CT molecular complexity index is 1330. The summed E-state index contributed by atoms with van der Waals surface area (Å²) in [5.74, 6) is -0.169. The van der Waals surface area contributed by atoms with Gasteiger partial charge in [0.1, 0.15) is 16.9 Å². The molecule has 2 heterocycles. The van der Waals surface area contributed by atoms with Crippen LogP contribution >= 0.6 is 11.6 Å². The smallest absolute Gasteiger partial charge is 0.257 e. The molecule has 0 radical (unpaired) electrons. The highest BCUT2D eigenvalue weighted by molar-refractivity contribution is 6.30. The molecule has 170 valence electrons. The number of halogens is 1. The minimum Gasteiger partial charge on any atom is -0.383 e. The van der Waals surface area contributed by atoms with E-state index >= 15 is 0 Å². The van der Waals surface area contributed by atoms with Crippen molar-refractivity contribution in [3.05, 3.63) is 64.7 Å². The highest BCUT2D eigenvalue weighted by Crippen LogP contribution is 2.27. The lowest BCUT2D eigenvalue weighted by Crippen LogP contribution is -2.26. The van der Waals surface area contributed by atoms with Gasteiger partial charge < -0.3 is 15.8 Å². The quantitative estimate of drug-likeness (QED) is 0.299. The van der Waals surface area contributed by atoms with Crippen LogP contribution in [0.4, 0.5) is 5.82 Å². The number of aromatic nitrogens is 3. The first-order chi connectivity index (χ1) is 15.9. The van der Waals surface area contributed by atoms with Crippen molar-refractivity contribution in [3.63, 3.8) is 0 Å². The first kappa shape index (κ1) is 22.7. The van der Waals surface area contributed by atoms with Crippen LogP contribution in [-0.4, -0.2) is 46.0 Å². The third-order valence-electron chi connectivity index (χ3n) is 4.93. The van der Waals surface area contributed by atoms with E-state index in [1.165, 1.54) is 4.68 Å². The fraction of sp³-hybridized carbons (Fsp3) is 0.250. The number of nitrogens with one attached hydrogen (secondary N) is 1. The van der Waals surface area contributed by atoms with Crippen LogP contribution in [0.5, 0.6) is 0 Å². The summed E-state index contributed by atoms with van der Waals surface area (Å²) in [4.78, 5) is 22.4. The van der Waals surface area contributed by atoms with Crippen molar-refractivity contribution < 1.29 is 9.53 Å². The molecule has 8 nitrogen and oxygen atoms in total. The summed E-state index contributed by atoms with van der Waals surface area (Å²) in [7, 11) is 0. The summed E-state index contributed by atoms with van der Waals surface area (Å²) in [6.45, 7) is 4.95. The molecule has 1 amide bonds. The van der Waals surface area contributed by atoms with E-state index in [0.717, 1.165) is 5.56 Å².